The molecule has 1 N–H and O–H groups in total. The molecule has 0 radical (unpaired) electrons. The molecule has 6 rings (SSSR count). The molecule has 1 atom stereocenters. The number of carbonyl (C=O) groups is 1. The van der Waals surface area contributed by atoms with E-state index in [0.29, 0.717) is 12.0 Å². The number of aromatic nitrogens is 1. The third kappa shape index (κ3) is 2.43. The molecule has 1 amide bonds. The topological polar surface area (TPSA) is 51.2 Å². The minimum Gasteiger partial charge on any atom is -0.368 e. The van der Waals surface area contributed by atoms with Gasteiger partial charge in [0.25, 0.3) is 5.91 Å². The molecule has 1 aliphatic heterocycles. The zero-order chi connectivity index (χ0) is 15.4. The summed E-state index contributed by atoms with van der Waals surface area (Å²) in [4.78, 5) is 17.0. The number of ether oxygens (including phenoxy) is 1. The number of anilines is 1. The Balaban J connectivity index is 1.34. The summed E-state index contributed by atoms with van der Waals surface area (Å²) in [6.07, 6.45) is 9.85. The molecule has 5 fully saturated rings. The Labute approximate surface area is 141 Å². The number of rotatable bonds is 3. The number of hydrogen-bond donors (Lipinski definition) is 1. The van der Waals surface area contributed by atoms with Gasteiger partial charge in [-0.2, -0.15) is 0 Å². The van der Waals surface area contributed by atoms with Gasteiger partial charge in [-0.1, -0.05) is 0 Å². The van der Waals surface area contributed by atoms with Crippen LogP contribution >= 0.6 is 11.3 Å². The number of hydrogen-bond acceptors (Lipinski definition) is 4. The van der Waals surface area contributed by atoms with Crippen LogP contribution in [0.5, 0.6) is 0 Å². The Morgan fingerprint density at radius 3 is 2.52 bits per heavy atom. The minimum atomic E-state index is -0.276. The molecule has 5 heteroatoms. The molecule has 2 heterocycles. The predicted octanol–water partition coefficient (Wildman–Crippen LogP) is 3.73. The lowest BCUT2D eigenvalue weighted by molar-refractivity contribution is -0.124. The van der Waals surface area contributed by atoms with E-state index in [1.165, 1.54) is 44.2 Å². The minimum absolute atomic E-state index is 0.0195. The molecule has 4 nitrogen and oxygen atoms in total. The van der Waals surface area contributed by atoms with Crippen molar-refractivity contribution < 1.29 is 9.53 Å². The van der Waals surface area contributed by atoms with Gasteiger partial charge in [-0.3, -0.25) is 10.1 Å². The lowest BCUT2D eigenvalue weighted by atomic mass is 9.49. The SMILES string of the molecule is O=C(Nc1nc(C23CC4CC(CC(C4)C2)C3)cs1)[C@H]1CCCO1. The van der Waals surface area contributed by atoms with Crippen LogP contribution in [0.4, 0.5) is 5.13 Å². The van der Waals surface area contributed by atoms with Crippen molar-refractivity contribution in [3.8, 4) is 0 Å². The van der Waals surface area contributed by atoms with Crippen LogP contribution in [0.3, 0.4) is 0 Å². The van der Waals surface area contributed by atoms with Crippen molar-refractivity contribution in [1.82, 2.24) is 4.98 Å². The molecule has 1 aromatic rings. The summed E-state index contributed by atoms with van der Waals surface area (Å²) in [5, 5.41) is 5.95. The van der Waals surface area contributed by atoms with Crippen LogP contribution in [-0.4, -0.2) is 23.6 Å². The van der Waals surface area contributed by atoms with Crippen molar-refractivity contribution in [2.75, 3.05) is 11.9 Å². The van der Waals surface area contributed by atoms with Crippen molar-refractivity contribution in [2.24, 2.45) is 17.8 Å². The summed E-state index contributed by atoms with van der Waals surface area (Å²) >= 11 is 1.59. The molecule has 124 valence electrons. The molecule has 1 saturated heterocycles. The van der Waals surface area contributed by atoms with Crippen LogP contribution in [0.2, 0.25) is 0 Å². The van der Waals surface area contributed by atoms with E-state index in [9.17, 15) is 4.79 Å². The van der Waals surface area contributed by atoms with E-state index in [2.05, 4.69) is 10.7 Å². The largest absolute Gasteiger partial charge is 0.368 e. The number of nitrogens with zero attached hydrogens (tertiary/aromatic N) is 1. The van der Waals surface area contributed by atoms with Crippen LogP contribution < -0.4 is 5.32 Å². The first-order valence-corrected chi connectivity index (χ1v) is 9.97. The van der Waals surface area contributed by atoms with E-state index in [-0.39, 0.29) is 12.0 Å². The zero-order valence-electron chi connectivity index (χ0n) is 13.4. The summed E-state index contributed by atoms with van der Waals surface area (Å²) in [7, 11) is 0. The van der Waals surface area contributed by atoms with Gasteiger partial charge in [-0.05, 0) is 69.1 Å². The van der Waals surface area contributed by atoms with Crippen molar-refractivity contribution >= 4 is 22.4 Å². The van der Waals surface area contributed by atoms with Crippen LogP contribution in [0.25, 0.3) is 0 Å². The third-order valence-electron chi connectivity index (χ3n) is 6.54. The second-order valence-corrected chi connectivity index (χ2v) is 9.08. The van der Waals surface area contributed by atoms with E-state index in [4.69, 9.17) is 9.72 Å². The predicted molar refractivity (Wildman–Crippen MR) is 89.6 cm³/mol. The highest BCUT2D eigenvalue weighted by Gasteiger charge is 2.52. The highest BCUT2D eigenvalue weighted by atomic mass is 32.1. The Kier molecular flexibility index (Phi) is 3.31. The fourth-order valence-electron chi connectivity index (χ4n) is 5.97. The standard InChI is InChI=1S/C18H24N2O2S/c21-16(14-2-1-3-22-14)20-17-19-15(10-23-17)18-7-11-4-12(8-18)6-13(5-11)9-18/h10-14H,1-9H2,(H,19,20,21)/t11?,12?,13?,14-,18?/m1/s1. The molecule has 0 unspecified atom stereocenters. The molecule has 4 saturated carbocycles. The summed E-state index contributed by atoms with van der Waals surface area (Å²) < 4.78 is 5.46. The smallest absolute Gasteiger partial charge is 0.255 e. The Morgan fingerprint density at radius 2 is 1.91 bits per heavy atom. The lowest BCUT2D eigenvalue weighted by Gasteiger charge is -2.56. The van der Waals surface area contributed by atoms with Crippen LogP contribution in [0.1, 0.15) is 57.1 Å². The first kappa shape index (κ1) is 14.4. The van der Waals surface area contributed by atoms with Gasteiger partial charge >= 0.3 is 0 Å². The molecule has 5 aliphatic rings. The highest BCUT2D eigenvalue weighted by molar-refractivity contribution is 7.14. The van der Waals surface area contributed by atoms with Crippen molar-refractivity contribution in [3.05, 3.63) is 11.1 Å². The number of thiazole rings is 1. The Morgan fingerprint density at radius 1 is 1.22 bits per heavy atom. The first-order chi connectivity index (χ1) is 11.2. The van der Waals surface area contributed by atoms with Crippen LogP contribution in [0, 0.1) is 17.8 Å². The van der Waals surface area contributed by atoms with Gasteiger partial charge < -0.3 is 4.74 Å². The molecule has 4 bridgehead atoms. The van der Waals surface area contributed by atoms with E-state index < -0.39 is 0 Å². The third-order valence-corrected chi connectivity index (χ3v) is 7.30. The van der Waals surface area contributed by atoms with E-state index >= 15 is 0 Å². The average Bonchev–Trinajstić information content (AvgIpc) is 3.17. The van der Waals surface area contributed by atoms with Gasteiger partial charge in [-0.15, -0.1) is 11.3 Å². The fourth-order valence-corrected chi connectivity index (χ4v) is 6.81. The van der Waals surface area contributed by atoms with Crippen LogP contribution in [-0.2, 0) is 14.9 Å². The molecule has 1 aromatic heterocycles. The highest BCUT2D eigenvalue weighted by Crippen LogP contribution is 2.60. The summed E-state index contributed by atoms with van der Waals surface area (Å²) in [5.74, 6) is 2.75. The summed E-state index contributed by atoms with van der Waals surface area (Å²) in [5.41, 5.74) is 1.57. The number of carbonyl (C=O) groups excluding carboxylic acids is 1. The Hall–Kier alpha value is -0.940. The monoisotopic (exact) mass is 332 g/mol. The molecule has 23 heavy (non-hydrogen) atoms. The summed E-state index contributed by atoms with van der Waals surface area (Å²) in [6, 6.07) is 0. The maximum absolute atomic E-state index is 12.2. The molecule has 0 spiro atoms. The molecular weight excluding hydrogens is 308 g/mol. The van der Waals surface area contributed by atoms with Crippen molar-refractivity contribution in [2.45, 2.75) is 62.9 Å². The second kappa shape index (κ2) is 5.28. The van der Waals surface area contributed by atoms with Gasteiger partial charge in [0.15, 0.2) is 5.13 Å². The molecule has 0 aromatic carbocycles. The second-order valence-electron chi connectivity index (χ2n) is 8.23. The van der Waals surface area contributed by atoms with Gasteiger partial charge in [0.2, 0.25) is 0 Å². The van der Waals surface area contributed by atoms with Crippen molar-refractivity contribution in [3.63, 3.8) is 0 Å². The van der Waals surface area contributed by atoms with E-state index in [0.717, 1.165) is 35.7 Å². The van der Waals surface area contributed by atoms with Crippen LogP contribution in [0.15, 0.2) is 5.38 Å². The zero-order valence-corrected chi connectivity index (χ0v) is 14.2. The average molecular weight is 332 g/mol. The molecular formula is C18H24N2O2S. The first-order valence-electron chi connectivity index (χ1n) is 9.09. The quantitative estimate of drug-likeness (QED) is 0.917. The van der Waals surface area contributed by atoms with E-state index in [1.807, 2.05) is 0 Å². The number of nitrogens with one attached hydrogen (secondary N) is 1. The van der Waals surface area contributed by atoms with E-state index in [1.54, 1.807) is 11.3 Å². The lowest BCUT2D eigenvalue weighted by Crippen LogP contribution is -2.48. The maximum Gasteiger partial charge on any atom is 0.255 e. The van der Waals surface area contributed by atoms with Gasteiger partial charge in [0, 0.05) is 17.4 Å². The Bertz CT molecular complexity index is 585. The number of amides is 1. The van der Waals surface area contributed by atoms with Gasteiger partial charge in [0.05, 0.1) is 5.69 Å². The fraction of sp³-hybridized carbons (Fsp3) is 0.778. The maximum atomic E-state index is 12.2. The van der Waals surface area contributed by atoms with Gasteiger partial charge in [0.1, 0.15) is 6.10 Å². The van der Waals surface area contributed by atoms with Gasteiger partial charge in [-0.25, -0.2) is 4.98 Å². The normalized spacial score (nSPS) is 41.4. The summed E-state index contributed by atoms with van der Waals surface area (Å²) in [6.45, 7) is 0.703. The van der Waals surface area contributed by atoms with Crippen molar-refractivity contribution in [1.29, 1.82) is 0 Å². The molecule has 4 aliphatic carbocycles.